The standard InChI is InChI=1S/C25H31N5O3/c1-25(2,3)21(24(32)26-4)28-23(31)20-19-16-29(15-18-11-8-14-33-18)12-13-30(19)22(27-20)17-9-6-5-7-10-17/h5-11,14,21H,12-13,15-16H2,1-4H3,(H,26,32)(H,28,31)/t21-/m1/s1. The maximum Gasteiger partial charge on any atom is 0.272 e. The van der Waals surface area contributed by atoms with Crippen LogP contribution in [0, 0.1) is 5.41 Å². The van der Waals surface area contributed by atoms with Gasteiger partial charge in [-0.05, 0) is 17.5 Å². The first kappa shape index (κ1) is 22.8. The second-order valence-electron chi connectivity index (χ2n) is 9.43. The highest BCUT2D eigenvalue weighted by Gasteiger charge is 2.35. The molecule has 2 amide bonds. The van der Waals surface area contributed by atoms with Crippen LogP contribution in [0.3, 0.4) is 0 Å². The smallest absolute Gasteiger partial charge is 0.272 e. The number of hydrogen-bond donors (Lipinski definition) is 2. The molecule has 2 aromatic heterocycles. The summed E-state index contributed by atoms with van der Waals surface area (Å²) < 4.78 is 7.64. The summed E-state index contributed by atoms with van der Waals surface area (Å²) in [5, 5.41) is 5.59. The number of imidazole rings is 1. The number of nitrogens with zero attached hydrogens (tertiary/aromatic N) is 3. The SMILES string of the molecule is CNC(=O)[C@@H](NC(=O)c1nc(-c2ccccc2)n2c1CN(Cc1ccco1)CC2)C(C)(C)C. The highest BCUT2D eigenvalue weighted by molar-refractivity contribution is 5.97. The third kappa shape index (κ3) is 4.85. The Labute approximate surface area is 194 Å². The monoisotopic (exact) mass is 449 g/mol. The van der Waals surface area contributed by atoms with E-state index in [9.17, 15) is 9.59 Å². The molecule has 0 saturated heterocycles. The summed E-state index contributed by atoms with van der Waals surface area (Å²) >= 11 is 0. The van der Waals surface area contributed by atoms with Crippen molar-refractivity contribution in [3.8, 4) is 11.4 Å². The van der Waals surface area contributed by atoms with E-state index < -0.39 is 11.5 Å². The second kappa shape index (κ2) is 9.23. The van der Waals surface area contributed by atoms with Gasteiger partial charge in [0, 0.05) is 32.2 Å². The first-order chi connectivity index (χ1) is 15.8. The van der Waals surface area contributed by atoms with Crippen LogP contribution in [0.15, 0.2) is 53.1 Å². The zero-order chi connectivity index (χ0) is 23.6. The van der Waals surface area contributed by atoms with Crippen LogP contribution in [0.25, 0.3) is 11.4 Å². The Bertz CT molecular complexity index is 1110. The minimum Gasteiger partial charge on any atom is -0.468 e. The van der Waals surface area contributed by atoms with Crippen LogP contribution >= 0.6 is 0 Å². The Morgan fingerprint density at radius 2 is 1.88 bits per heavy atom. The van der Waals surface area contributed by atoms with Crippen LogP contribution < -0.4 is 10.6 Å². The topological polar surface area (TPSA) is 92.4 Å². The molecular formula is C25H31N5O3. The summed E-state index contributed by atoms with van der Waals surface area (Å²) in [6.45, 7) is 8.52. The lowest BCUT2D eigenvalue weighted by Gasteiger charge is -2.30. The fourth-order valence-electron chi connectivity index (χ4n) is 4.19. The Balaban J connectivity index is 1.69. The lowest BCUT2D eigenvalue weighted by Crippen LogP contribution is -2.53. The zero-order valence-electron chi connectivity index (χ0n) is 19.6. The maximum atomic E-state index is 13.5. The number of amides is 2. The lowest BCUT2D eigenvalue weighted by atomic mass is 9.86. The van der Waals surface area contributed by atoms with Gasteiger partial charge in [0.25, 0.3) is 5.91 Å². The Hall–Kier alpha value is -3.39. The van der Waals surface area contributed by atoms with Crippen molar-refractivity contribution in [2.45, 2.75) is 46.4 Å². The van der Waals surface area contributed by atoms with Gasteiger partial charge in [0.05, 0.1) is 18.5 Å². The molecule has 1 atom stereocenters. The number of carbonyl (C=O) groups is 2. The van der Waals surface area contributed by atoms with Crippen molar-refractivity contribution in [3.05, 3.63) is 65.9 Å². The minimum absolute atomic E-state index is 0.230. The molecule has 0 radical (unpaired) electrons. The van der Waals surface area contributed by atoms with Crippen molar-refractivity contribution in [1.29, 1.82) is 0 Å². The summed E-state index contributed by atoms with van der Waals surface area (Å²) in [5.74, 6) is 1.07. The van der Waals surface area contributed by atoms with Crippen LogP contribution in [-0.2, 0) is 24.4 Å². The number of carbonyl (C=O) groups excluding carboxylic acids is 2. The Morgan fingerprint density at radius 1 is 1.12 bits per heavy atom. The van der Waals surface area contributed by atoms with E-state index in [-0.39, 0.29) is 11.8 Å². The second-order valence-corrected chi connectivity index (χ2v) is 9.43. The van der Waals surface area contributed by atoms with E-state index in [2.05, 4.69) is 20.1 Å². The molecular weight excluding hydrogens is 418 g/mol. The number of rotatable bonds is 6. The largest absolute Gasteiger partial charge is 0.468 e. The number of furan rings is 1. The third-order valence-electron chi connectivity index (χ3n) is 5.94. The van der Waals surface area contributed by atoms with Gasteiger partial charge in [-0.3, -0.25) is 14.5 Å². The molecule has 8 nitrogen and oxygen atoms in total. The van der Waals surface area contributed by atoms with Crippen LogP contribution in [0.1, 0.15) is 42.7 Å². The van der Waals surface area contributed by atoms with E-state index in [0.717, 1.165) is 29.4 Å². The average molecular weight is 450 g/mol. The van der Waals surface area contributed by atoms with Gasteiger partial charge < -0.3 is 19.6 Å². The van der Waals surface area contributed by atoms with Crippen LogP contribution in [-0.4, -0.2) is 45.9 Å². The highest BCUT2D eigenvalue weighted by Crippen LogP contribution is 2.28. The first-order valence-electron chi connectivity index (χ1n) is 11.2. The Kier molecular flexibility index (Phi) is 6.37. The molecule has 174 valence electrons. The fraction of sp³-hybridized carbons (Fsp3) is 0.400. The molecule has 8 heteroatoms. The number of likely N-dealkylation sites (N-methyl/N-ethyl adjacent to an activating group) is 1. The van der Waals surface area contributed by atoms with Gasteiger partial charge in [0.2, 0.25) is 5.91 Å². The van der Waals surface area contributed by atoms with E-state index in [0.29, 0.717) is 25.3 Å². The summed E-state index contributed by atoms with van der Waals surface area (Å²) in [5.41, 5.74) is 1.70. The van der Waals surface area contributed by atoms with Crippen molar-refractivity contribution in [2.24, 2.45) is 5.41 Å². The molecule has 3 aromatic rings. The number of hydrogen-bond acceptors (Lipinski definition) is 5. The van der Waals surface area contributed by atoms with Gasteiger partial charge in [-0.25, -0.2) is 4.98 Å². The number of aromatic nitrogens is 2. The molecule has 0 fully saturated rings. The van der Waals surface area contributed by atoms with Crippen LogP contribution in [0.4, 0.5) is 0 Å². The van der Waals surface area contributed by atoms with Gasteiger partial charge in [-0.1, -0.05) is 51.1 Å². The number of benzene rings is 1. The minimum atomic E-state index is -0.685. The fourth-order valence-corrected chi connectivity index (χ4v) is 4.19. The molecule has 0 saturated carbocycles. The van der Waals surface area contributed by atoms with Crippen molar-refractivity contribution < 1.29 is 14.0 Å². The molecule has 0 bridgehead atoms. The van der Waals surface area contributed by atoms with E-state index in [4.69, 9.17) is 9.40 Å². The van der Waals surface area contributed by atoms with Gasteiger partial charge in [0.15, 0.2) is 5.69 Å². The average Bonchev–Trinajstić information content (AvgIpc) is 3.44. The van der Waals surface area contributed by atoms with E-state index in [1.807, 2.05) is 63.2 Å². The van der Waals surface area contributed by atoms with Gasteiger partial charge in [0.1, 0.15) is 17.6 Å². The number of fused-ring (bicyclic) bond motifs is 1. The lowest BCUT2D eigenvalue weighted by molar-refractivity contribution is -0.124. The number of nitrogens with one attached hydrogen (secondary N) is 2. The maximum absolute atomic E-state index is 13.5. The molecule has 1 aliphatic heterocycles. The molecule has 4 rings (SSSR count). The van der Waals surface area contributed by atoms with Gasteiger partial charge in [-0.15, -0.1) is 0 Å². The van der Waals surface area contributed by atoms with E-state index in [1.54, 1.807) is 13.3 Å². The molecule has 1 aromatic carbocycles. The zero-order valence-corrected chi connectivity index (χ0v) is 19.6. The van der Waals surface area contributed by atoms with E-state index >= 15 is 0 Å². The van der Waals surface area contributed by atoms with Crippen molar-refractivity contribution >= 4 is 11.8 Å². The highest BCUT2D eigenvalue weighted by atomic mass is 16.3. The van der Waals surface area contributed by atoms with Crippen molar-refractivity contribution in [3.63, 3.8) is 0 Å². The van der Waals surface area contributed by atoms with Crippen molar-refractivity contribution in [2.75, 3.05) is 13.6 Å². The molecule has 2 N–H and O–H groups in total. The van der Waals surface area contributed by atoms with Crippen molar-refractivity contribution in [1.82, 2.24) is 25.1 Å². The molecule has 1 aliphatic rings. The summed E-state index contributed by atoms with van der Waals surface area (Å²) in [6.07, 6.45) is 1.67. The molecule has 3 heterocycles. The predicted molar refractivity (Wildman–Crippen MR) is 125 cm³/mol. The molecule has 33 heavy (non-hydrogen) atoms. The molecule has 0 aliphatic carbocycles. The first-order valence-corrected chi connectivity index (χ1v) is 11.2. The van der Waals surface area contributed by atoms with Crippen LogP contribution in [0.5, 0.6) is 0 Å². The molecule has 0 unspecified atom stereocenters. The Morgan fingerprint density at radius 3 is 2.52 bits per heavy atom. The summed E-state index contributed by atoms with van der Waals surface area (Å²) in [4.78, 5) is 33.0. The van der Waals surface area contributed by atoms with E-state index in [1.165, 1.54) is 0 Å². The summed E-state index contributed by atoms with van der Waals surface area (Å²) in [6, 6.07) is 13.0. The third-order valence-corrected chi connectivity index (χ3v) is 5.94. The summed E-state index contributed by atoms with van der Waals surface area (Å²) in [7, 11) is 1.58. The molecule has 0 spiro atoms. The van der Waals surface area contributed by atoms with Gasteiger partial charge >= 0.3 is 0 Å². The quantitative estimate of drug-likeness (QED) is 0.604. The predicted octanol–water partition coefficient (Wildman–Crippen LogP) is 3.05. The normalized spacial score (nSPS) is 15.0. The van der Waals surface area contributed by atoms with Crippen LogP contribution in [0.2, 0.25) is 0 Å². The van der Waals surface area contributed by atoms with Gasteiger partial charge in [-0.2, -0.15) is 0 Å².